The molecule has 0 N–H and O–H groups in total. The summed E-state index contributed by atoms with van der Waals surface area (Å²) in [7, 11) is 0. The van der Waals surface area contributed by atoms with Crippen LogP contribution in [0.25, 0.3) is 0 Å². The molecule has 0 aliphatic rings. The Labute approximate surface area is 80.9 Å². The largest absolute Gasteiger partial charge is 0.225 e. The Morgan fingerprint density at radius 3 is 3.09 bits per heavy atom. The van der Waals surface area contributed by atoms with E-state index in [0.717, 1.165) is 11.8 Å². The van der Waals surface area contributed by atoms with Crippen LogP contribution in [0.15, 0.2) is 15.7 Å². The minimum Gasteiger partial charge on any atom is -0.225 e. The van der Waals surface area contributed by atoms with Gasteiger partial charge in [0.05, 0.1) is 4.47 Å². The zero-order valence-corrected chi connectivity index (χ0v) is 8.24. The van der Waals surface area contributed by atoms with Crippen molar-refractivity contribution in [3.05, 3.63) is 16.0 Å². The van der Waals surface area contributed by atoms with Gasteiger partial charge in [0.15, 0.2) is 0 Å². The van der Waals surface area contributed by atoms with Crippen LogP contribution in [0.3, 0.4) is 0 Å². The molecule has 0 atom stereocenters. The van der Waals surface area contributed by atoms with E-state index in [4.69, 9.17) is 16.9 Å². The highest BCUT2D eigenvalue weighted by atomic mass is 79.9. The van der Waals surface area contributed by atoms with Crippen LogP contribution < -0.4 is 0 Å². The Bertz CT molecular complexity index is 311. The summed E-state index contributed by atoms with van der Waals surface area (Å²) in [6.07, 6.45) is 1.51. The van der Waals surface area contributed by atoms with Crippen LogP contribution in [0, 0.1) is 10.7 Å². The zero-order valence-electron chi connectivity index (χ0n) is 5.08. The van der Waals surface area contributed by atoms with E-state index in [2.05, 4.69) is 25.9 Å². The number of thioether (sulfide) groups is 1. The first kappa shape index (κ1) is 8.78. The molecule has 0 saturated heterocycles. The third kappa shape index (κ3) is 2.33. The first-order chi connectivity index (χ1) is 5.24. The third-order valence-electron chi connectivity index (χ3n) is 0.825. The predicted molar refractivity (Wildman–Crippen MR) is 46.2 cm³/mol. The average molecular weight is 251 g/mol. The molecule has 56 valence electrons. The standard InChI is InChI=1S/C5HBrClN3S/c6-3-1-9-5(7)10-4(3)11-2-8/h1H. The predicted octanol–water partition coefficient (Wildman–Crippen LogP) is 2.47. The molecule has 0 saturated carbocycles. The Hall–Kier alpha value is -0.310. The Morgan fingerprint density at radius 1 is 1.73 bits per heavy atom. The molecule has 0 radical (unpaired) electrons. The van der Waals surface area contributed by atoms with Gasteiger partial charge >= 0.3 is 0 Å². The lowest BCUT2D eigenvalue weighted by Gasteiger charge is -1.95. The number of halogens is 2. The fourth-order valence-corrected chi connectivity index (χ4v) is 1.43. The highest BCUT2D eigenvalue weighted by Crippen LogP contribution is 2.24. The van der Waals surface area contributed by atoms with Crippen molar-refractivity contribution in [2.24, 2.45) is 0 Å². The number of hydrogen-bond acceptors (Lipinski definition) is 4. The van der Waals surface area contributed by atoms with E-state index in [1.54, 1.807) is 0 Å². The third-order valence-corrected chi connectivity index (χ3v) is 2.45. The summed E-state index contributed by atoms with van der Waals surface area (Å²) in [6, 6.07) is 0. The molecule has 0 amide bonds. The number of nitrogens with zero attached hydrogens (tertiary/aromatic N) is 3. The maximum Gasteiger partial charge on any atom is 0.223 e. The van der Waals surface area contributed by atoms with Gasteiger partial charge in [0.2, 0.25) is 5.28 Å². The van der Waals surface area contributed by atoms with Crippen LogP contribution in [0.5, 0.6) is 0 Å². The molecule has 6 heteroatoms. The van der Waals surface area contributed by atoms with Crippen molar-refractivity contribution in [1.82, 2.24) is 9.97 Å². The van der Waals surface area contributed by atoms with Crippen molar-refractivity contribution in [2.75, 3.05) is 0 Å². The van der Waals surface area contributed by atoms with Crippen molar-refractivity contribution in [3.8, 4) is 5.40 Å². The van der Waals surface area contributed by atoms with Gasteiger partial charge < -0.3 is 0 Å². The van der Waals surface area contributed by atoms with E-state index in [9.17, 15) is 0 Å². The summed E-state index contributed by atoms with van der Waals surface area (Å²) in [5, 5.41) is 10.9. The summed E-state index contributed by atoms with van der Waals surface area (Å²) in [5.41, 5.74) is 0. The summed E-state index contributed by atoms with van der Waals surface area (Å²) < 4.78 is 0.674. The van der Waals surface area contributed by atoms with E-state index < -0.39 is 0 Å². The lowest BCUT2D eigenvalue weighted by atomic mass is 10.7. The number of nitriles is 1. The normalized spacial score (nSPS) is 9.18. The highest BCUT2D eigenvalue weighted by Gasteiger charge is 2.02. The van der Waals surface area contributed by atoms with Crippen molar-refractivity contribution < 1.29 is 0 Å². The number of thiocyanates is 1. The highest BCUT2D eigenvalue weighted by molar-refractivity contribution is 9.10. The lowest BCUT2D eigenvalue weighted by Crippen LogP contribution is -1.84. The van der Waals surface area contributed by atoms with Crippen LogP contribution in [0.1, 0.15) is 0 Å². The monoisotopic (exact) mass is 249 g/mol. The zero-order chi connectivity index (χ0) is 8.27. The first-order valence-electron chi connectivity index (χ1n) is 2.48. The van der Waals surface area contributed by atoms with E-state index in [1.165, 1.54) is 6.20 Å². The molecule has 0 bridgehead atoms. The van der Waals surface area contributed by atoms with Gasteiger partial charge in [-0.3, -0.25) is 0 Å². The first-order valence-corrected chi connectivity index (χ1v) is 4.46. The Balaban J connectivity index is 3.05. The lowest BCUT2D eigenvalue weighted by molar-refractivity contribution is 1.03. The minimum atomic E-state index is 0.144. The smallest absolute Gasteiger partial charge is 0.223 e. The molecule has 0 fully saturated rings. The second-order valence-electron chi connectivity index (χ2n) is 1.49. The minimum absolute atomic E-state index is 0.144. The molecule has 1 heterocycles. The van der Waals surface area contributed by atoms with Gasteiger partial charge in [0, 0.05) is 18.0 Å². The molecule has 0 unspecified atom stereocenters. The number of rotatable bonds is 1. The average Bonchev–Trinajstić information content (AvgIpc) is 1.98. The molecular weight excluding hydrogens is 250 g/mol. The molecule has 0 spiro atoms. The summed E-state index contributed by atoms with van der Waals surface area (Å²) in [6.45, 7) is 0. The van der Waals surface area contributed by atoms with E-state index in [0.29, 0.717) is 9.50 Å². The number of hydrogen-bond donors (Lipinski definition) is 0. The number of aromatic nitrogens is 2. The maximum atomic E-state index is 8.32. The quantitative estimate of drug-likeness (QED) is 0.332. The fourth-order valence-electron chi connectivity index (χ4n) is 0.446. The molecule has 11 heavy (non-hydrogen) atoms. The van der Waals surface area contributed by atoms with Gasteiger partial charge in [-0.15, -0.1) is 0 Å². The molecule has 3 nitrogen and oxygen atoms in total. The van der Waals surface area contributed by atoms with Crippen LogP contribution in [0.2, 0.25) is 5.28 Å². The molecule has 0 aromatic carbocycles. The molecule has 0 aliphatic carbocycles. The van der Waals surface area contributed by atoms with E-state index in [1.807, 2.05) is 5.40 Å². The fraction of sp³-hybridized carbons (Fsp3) is 0. The van der Waals surface area contributed by atoms with E-state index in [-0.39, 0.29) is 5.28 Å². The Morgan fingerprint density at radius 2 is 2.45 bits per heavy atom. The van der Waals surface area contributed by atoms with Crippen molar-refractivity contribution in [3.63, 3.8) is 0 Å². The Kier molecular flexibility index (Phi) is 3.12. The molecule has 0 aliphatic heterocycles. The topological polar surface area (TPSA) is 49.6 Å². The van der Waals surface area contributed by atoms with Gasteiger partial charge in [-0.05, 0) is 27.5 Å². The van der Waals surface area contributed by atoms with Gasteiger partial charge in [0.25, 0.3) is 0 Å². The maximum absolute atomic E-state index is 8.32. The summed E-state index contributed by atoms with van der Waals surface area (Å²) in [4.78, 5) is 7.52. The van der Waals surface area contributed by atoms with Crippen molar-refractivity contribution >= 4 is 39.3 Å². The second-order valence-corrected chi connectivity index (χ2v) is 3.45. The molecular formula is C5HBrClN3S. The second kappa shape index (κ2) is 3.90. The molecule has 1 rings (SSSR count). The molecule has 1 aromatic heterocycles. The van der Waals surface area contributed by atoms with E-state index >= 15 is 0 Å². The SMILES string of the molecule is N#CSc1nc(Cl)ncc1Br. The molecule has 1 aromatic rings. The van der Waals surface area contributed by atoms with Gasteiger partial charge in [-0.2, -0.15) is 5.26 Å². The van der Waals surface area contributed by atoms with Crippen LogP contribution >= 0.6 is 39.3 Å². The summed E-state index contributed by atoms with van der Waals surface area (Å²) in [5.74, 6) is 0. The van der Waals surface area contributed by atoms with Crippen LogP contribution in [-0.2, 0) is 0 Å². The van der Waals surface area contributed by atoms with Crippen molar-refractivity contribution in [1.29, 1.82) is 5.26 Å². The van der Waals surface area contributed by atoms with Crippen LogP contribution in [0.4, 0.5) is 0 Å². The van der Waals surface area contributed by atoms with Crippen LogP contribution in [-0.4, -0.2) is 9.97 Å². The van der Waals surface area contributed by atoms with Crippen molar-refractivity contribution in [2.45, 2.75) is 5.03 Å². The van der Waals surface area contributed by atoms with Gasteiger partial charge in [0.1, 0.15) is 10.4 Å². The van der Waals surface area contributed by atoms with Gasteiger partial charge in [-0.1, -0.05) is 0 Å². The summed E-state index contributed by atoms with van der Waals surface area (Å²) >= 11 is 9.60. The van der Waals surface area contributed by atoms with Gasteiger partial charge in [-0.25, -0.2) is 9.97 Å².